The summed E-state index contributed by atoms with van der Waals surface area (Å²) in [7, 11) is 1.72. The summed E-state index contributed by atoms with van der Waals surface area (Å²) in [6, 6.07) is 7.27. The van der Waals surface area contributed by atoms with E-state index in [0.717, 1.165) is 18.7 Å². The SMILES string of the molecule is CCCCN(C(C)CC)C(CN)c1ccc(OC)c(C)c1. The summed E-state index contributed by atoms with van der Waals surface area (Å²) in [5, 5.41) is 0. The lowest BCUT2D eigenvalue weighted by Gasteiger charge is -2.36. The van der Waals surface area contributed by atoms with Gasteiger partial charge in [-0.05, 0) is 50.4 Å². The molecule has 0 heterocycles. The quantitative estimate of drug-likeness (QED) is 0.750. The average molecular weight is 292 g/mol. The molecule has 0 aliphatic rings. The van der Waals surface area contributed by atoms with Gasteiger partial charge in [-0.1, -0.05) is 32.4 Å². The Morgan fingerprint density at radius 2 is 2.00 bits per heavy atom. The van der Waals surface area contributed by atoms with Crippen LogP contribution in [0.4, 0.5) is 0 Å². The second-order valence-electron chi connectivity index (χ2n) is 5.83. The molecule has 3 heteroatoms. The third kappa shape index (κ3) is 4.72. The lowest BCUT2D eigenvalue weighted by molar-refractivity contribution is 0.141. The molecule has 0 spiro atoms. The van der Waals surface area contributed by atoms with E-state index in [1.807, 2.05) is 0 Å². The minimum absolute atomic E-state index is 0.288. The van der Waals surface area contributed by atoms with Crippen molar-refractivity contribution in [3.8, 4) is 5.75 Å². The highest BCUT2D eigenvalue weighted by Crippen LogP contribution is 2.28. The van der Waals surface area contributed by atoms with Crippen LogP contribution in [-0.2, 0) is 0 Å². The summed E-state index contributed by atoms with van der Waals surface area (Å²) in [5.41, 5.74) is 8.59. The summed E-state index contributed by atoms with van der Waals surface area (Å²) in [6.07, 6.45) is 3.58. The molecule has 2 unspecified atom stereocenters. The van der Waals surface area contributed by atoms with Gasteiger partial charge in [-0.25, -0.2) is 0 Å². The molecule has 0 saturated carbocycles. The minimum atomic E-state index is 0.288. The molecule has 3 nitrogen and oxygen atoms in total. The molecule has 0 aromatic heterocycles. The summed E-state index contributed by atoms with van der Waals surface area (Å²) in [6.45, 7) is 10.6. The van der Waals surface area contributed by atoms with Crippen molar-refractivity contribution in [2.75, 3.05) is 20.2 Å². The van der Waals surface area contributed by atoms with Crippen molar-refractivity contribution in [2.24, 2.45) is 5.73 Å². The number of hydrogen-bond donors (Lipinski definition) is 1. The van der Waals surface area contributed by atoms with Gasteiger partial charge in [0.15, 0.2) is 0 Å². The largest absolute Gasteiger partial charge is 0.496 e. The van der Waals surface area contributed by atoms with Gasteiger partial charge < -0.3 is 10.5 Å². The van der Waals surface area contributed by atoms with Crippen LogP contribution in [0.5, 0.6) is 5.75 Å². The minimum Gasteiger partial charge on any atom is -0.496 e. The Bertz CT molecular complexity index is 420. The van der Waals surface area contributed by atoms with Crippen LogP contribution in [-0.4, -0.2) is 31.1 Å². The number of rotatable bonds is 9. The lowest BCUT2D eigenvalue weighted by Crippen LogP contribution is -2.40. The summed E-state index contributed by atoms with van der Waals surface area (Å²) >= 11 is 0. The van der Waals surface area contributed by atoms with Crippen molar-refractivity contribution in [3.63, 3.8) is 0 Å². The van der Waals surface area contributed by atoms with Gasteiger partial charge in [-0.15, -0.1) is 0 Å². The number of unbranched alkanes of at least 4 members (excludes halogenated alkanes) is 1. The molecule has 0 amide bonds. The van der Waals surface area contributed by atoms with Crippen LogP contribution >= 0.6 is 0 Å². The molecule has 1 aromatic rings. The van der Waals surface area contributed by atoms with Crippen LogP contribution in [0, 0.1) is 6.92 Å². The highest BCUT2D eigenvalue weighted by Gasteiger charge is 2.23. The first kappa shape index (κ1) is 18.0. The first-order chi connectivity index (χ1) is 10.1. The second-order valence-corrected chi connectivity index (χ2v) is 5.83. The molecule has 0 bridgehead atoms. The Labute approximate surface area is 130 Å². The smallest absolute Gasteiger partial charge is 0.121 e. The first-order valence-electron chi connectivity index (χ1n) is 8.19. The molecular weight excluding hydrogens is 260 g/mol. The van der Waals surface area contributed by atoms with E-state index in [-0.39, 0.29) is 6.04 Å². The fourth-order valence-corrected chi connectivity index (χ4v) is 2.83. The van der Waals surface area contributed by atoms with Crippen LogP contribution in [0.15, 0.2) is 18.2 Å². The van der Waals surface area contributed by atoms with Crippen molar-refractivity contribution in [1.29, 1.82) is 0 Å². The second kappa shape index (κ2) is 9.06. The molecule has 21 heavy (non-hydrogen) atoms. The average Bonchev–Trinajstić information content (AvgIpc) is 2.50. The van der Waals surface area contributed by atoms with Crippen molar-refractivity contribution in [3.05, 3.63) is 29.3 Å². The Hall–Kier alpha value is -1.06. The van der Waals surface area contributed by atoms with Crippen molar-refractivity contribution < 1.29 is 4.74 Å². The van der Waals surface area contributed by atoms with Crippen LogP contribution in [0.1, 0.15) is 57.2 Å². The topological polar surface area (TPSA) is 38.5 Å². The Kier molecular flexibility index (Phi) is 7.76. The van der Waals surface area contributed by atoms with Gasteiger partial charge in [-0.3, -0.25) is 4.90 Å². The van der Waals surface area contributed by atoms with E-state index >= 15 is 0 Å². The zero-order chi connectivity index (χ0) is 15.8. The van der Waals surface area contributed by atoms with E-state index in [9.17, 15) is 0 Å². The molecule has 0 aliphatic heterocycles. The number of nitrogens with two attached hydrogens (primary N) is 1. The maximum Gasteiger partial charge on any atom is 0.121 e. The molecular formula is C18H32N2O. The zero-order valence-corrected chi connectivity index (χ0v) is 14.4. The van der Waals surface area contributed by atoms with Gasteiger partial charge in [0.2, 0.25) is 0 Å². The fraction of sp³-hybridized carbons (Fsp3) is 0.667. The number of methoxy groups -OCH3 is 1. The lowest BCUT2D eigenvalue weighted by atomic mass is 9.99. The molecule has 0 radical (unpaired) electrons. The number of hydrogen-bond acceptors (Lipinski definition) is 3. The predicted molar refractivity (Wildman–Crippen MR) is 90.9 cm³/mol. The van der Waals surface area contributed by atoms with E-state index in [4.69, 9.17) is 10.5 Å². The molecule has 120 valence electrons. The zero-order valence-electron chi connectivity index (χ0n) is 14.4. The van der Waals surface area contributed by atoms with E-state index < -0.39 is 0 Å². The van der Waals surface area contributed by atoms with Crippen molar-refractivity contribution in [2.45, 2.75) is 59.0 Å². The Morgan fingerprint density at radius 3 is 2.48 bits per heavy atom. The van der Waals surface area contributed by atoms with Crippen LogP contribution in [0.2, 0.25) is 0 Å². The summed E-state index contributed by atoms with van der Waals surface area (Å²) in [4.78, 5) is 2.56. The van der Waals surface area contributed by atoms with Gasteiger partial charge >= 0.3 is 0 Å². The van der Waals surface area contributed by atoms with Crippen molar-refractivity contribution in [1.82, 2.24) is 4.90 Å². The fourth-order valence-electron chi connectivity index (χ4n) is 2.83. The van der Waals surface area contributed by atoms with Crippen LogP contribution < -0.4 is 10.5 Å². The van der Waals surface area contributed by atoms with Gasteiger partial charge in [0, 0.05) is 18.6 Å². The summed E-state index contributed by atoms with van der Waals surface area (Å²) in [5.74, 6) is 0.943. The van der Waals surface area contributed by atoms with E-state index in [0.29, 0.717) is 12.6 Å². The van der Waals surface area contributed by atoms with E-state index in [1.54, 1.807) is 7.11 Å². The molecule has 2 atom stereocenters. The predicted octanol–water partition coefficient (Wildman–Crippen LogP) is 3.90. The Balaban J connectivity index is 3.03. The van der Waals surface area contributed by atoms with Gasteiger partial charge in [0.05, 0.1) is 7.11 Å². The highest BCUT2D eigenvalue weighted by atomic mass is 16.5. The van der Waals surface area contributed by atoms with Gasteiger partial charge in [0.25, 0.3) is 0 Å². The first-order valence-corrected chi connectivity index (χ1v) is 8.19. The standard InChI is InChI=1S/C18H32N2O/c1-6-8-11-20(15(4)7-2)17(13-19)16-9-10-18(21-5)14(3)12-16/h9-10,12,15,17H,6-8,11,13,19H2,1-5H3. The normalized spacial score (nSPS) is 14.2. The maximum atomic E-state index is 6.12. The van der Waals surface area contributed by atoms with Gasteiger partial charge in [-0.2, -0.15) is 0 Å². The molecule has 0 aliphatic carbocycles. The molecule has 0 fully saturated rings. The monoisotopic (exact) mass is 292 g/mol. The molecule has 2 N–H and O–H groups in total. The summed E-state index contributed by atoms with van der Waals surface area (Å²) < 4.78 is 5.36. The Morgan fingerprint density at radius 1 is 1.29 bits per heavy atom. The van der Waals surface area contributed by atoms with Crippen molar-refractivity contribution >= 4 is 0 Å². The number of aryl methyl sites for hydroxylation is 1. The maximum absolute atomic E-state index is 6.12. The molecule has 1 aromatic carbocycles. The number of ether oxygens (including phenoxy) is 1. The van der Waals surface area contributed by atoms with E-state index in [2.05, 4.69) is 50.8 Å². The number of benzene rings is 1. The number of nitrogens with zero attached hydrogens (tertiary/aromatic N) is 1. The van der Waals surface area contributed by atoms with Crippen LogP contribution in [0.3, 0.4) is 0 Å². The third-order valence-corrected chi connectivity index (χ3v) is 4.35. The van der Waals surface area contributed by atoms with E-state index in [1.165, 1.54) is 24.0 Å². The van der Waals surface area contributed by atoms with Crippen LogP contribution in [0.25, 0.3) is 0 Å². The third-order valence-electron chi connectivity index (χ3n) is 4.35. The van der Waals surface area contributed by atoms with Gasteiger partial charge in [0.1, 0.15) is 5.75 Å². The molecule has 1 rings (SSSR count). The molecule has 0 saturated heterocycles. The highest BCUT2D eigenvalue weighted by molar-refractivity contribution is 5.37.